The number of carbonyl (C=O) groups is 2. The lowest BCUT2D eigenvalue weighted by Crippen LogP contribution is -2.43. The van der Waals surface area contributed by atoms with Crippen LogP contribution in [-0.2, 0) is 16.1 Å². The summed E-state index contributed by atoms with van der Waals surface area (Å²) in [5.74, 6) is 0.252. The molecule has 0 bridgehead atoms. The quantitative estimate of drug-likeness (QED) is 0.582. The van der Waals surface area contributed by atoms with Crippen molar-refractivity contribution in [2.75, 3.05) is 26.8 Å². The van der Waals surface area contributed by atoms with Gasteiger partial charge in [-0.1, -0.05) is 30.3 Å². The highest BCUT2D eigenvalue weighted by Gasteiger charge is 2.20. The Kier molecular flexibility index (Phi) is 7.49. The number of hydrogen-bond donors (Lipinski definition) is 1. The van der Waals surface area contributed by atoms with E-state index in [9.17, 15) is 9.59 Å². The van der Waals surface area contributed by atoms with E-state index in [0.717, 1.165) is 11.3 Å². The van der Waals surface area contributed by atoms with Gasteiger partial charge < -0.3 is 19.7 Å². The summed E-state index contributed by atoms with van der Waals surface area (Å²) in [6.45, 7) is 3.24. The number of nitrogens with zero attached hydrogens (tertiary/aromatic N) is 1. The standard InChI is InChI=1S/C20H24N2O4/c1-3-22(15-16-7-5-4-6-8-16)20(24)19(23)21-13-14-26-18-11-9-17(25-2)10-12-18/h4-12H,3,13-15H2,1-2H3,(H,21,23). The highest BCUT2D eigenvalue weighted by Crippen LogP contribution is 2.16. The molecule has 2 aromatic carbocycles. The summed E-state index contributed by atoms with van der Waals surface area (Å²) < 4.78 is 10.6. The smallest absolute Gasteiger partial charge is 0.312 e. The van der Waals surface area contributed by atoms with Crippen LogP contribution in [0.4, 0.5) is 0 Å². The summed E-state index contributed by atoms with van der Waals surface area (Å²) >= 11 is 0. The number of rotatable bonds is 8. The van der Waals surface area contributed by atoms with E-state index < -0.39 is 11.8 Å². The van der Waals surface area contributed by atoms with Gasteiger partial charge in [0.2, 0.25) is 0 Å². The van der Waals surface area contributed by atoms with Gasteiger partial charge in [-0.05, 0) is 36.8 Å². The number of ether oxygens (including phenoxy) is 2. The van der Waals surface area contributed by atoms with E-state index in [1.807, 2.05) is 37.3 Å². The maximum Gasteiger partial charge on any atom is 0.312 e. The predicted octanol–water partition coefficient (Wildman–Crippen LogP) is 2.24. The Hall–Kier alpha value is -3.02. The Balaban J connectivity index is 1.75. The lowest BCUT2D eigenvalue weighted by molar-refractivity contribution is -0.146. The minimum absolute atomic E-state index is 0.249. The molecule has 0 spiro atoms. The fourth-order valence-electron chi connectivity index (χ4n) is 2.36. The zero-order chi connectivity index (χ0) is 18.8. The van der Waals surface area contributed by atoms with Crippen molar-refractivity contribution in [3.8, 4) is 11.5 Å². The van der Waals surface area contributed by atoms with E-state index in [0.29, 0.717) is 18.8 Å². The van der Waals surface area contributed by atoms with Crippen LogP contribution in [0.5, 0.6) is 11.5 Å². The number of methoxy groups -OCH3 is 1. The number of likely N-dealkylation sites (N-methyl/N-ethyl adjacent to an activating group) is 1. The molecule has 0 heterocycles. The molecule has 0 aliphatic rings. The normalized spacial score (nSPS) is 10.1. The molecule has 0 saturated carbocycles. The lowest BCUT2D eigenvalue weighted by atomic mass is 10.2. The van der Waals surface area contributed by atoms with Gasteiger partial charge >= 0.3 is 11.8 Å². The van der Waals surface area contributed by atoms with Crippen LogP contribution in [0, 0.1) is 0 Å². The number of benzene rings is 2. The van der Waals surface area contributed by atoms with E-state index in [1.165, 1.54) is 4.90 Å². The summed E-state index contributed by atoms with van der Waals surface area (Å²) in [5.41, 5.74) is 0.985. The SMILES string of the molecule is CCN(Cc1ccccc1)C(=O)C(=O)NCCOc1ccc(OC)cc1. The largest absolute Gasteiger partial charge is 0.497 e. The number of nitrogens with one attached hydrogen (secondary N) is 1. The highest BCUT2D eigenvalue weighted by molar-refractivity contribution is 6.34. The number of amides is 2. The van der Waals surface area contributed by atoms with Crippen molar-refractivity contribution >= 4 is 11.8 Å². The molecule has 2 amide bonds. The van der Waals surface area contributed by atoms with Gasteiger partial charge in [0.1, 0.15) is 18.1 Å². The van der Waals surface area contributed by atoms with Gasteiger partial charge in [0.25, 0.3) is 0 Å². The molecule has 6 heteroatoms. The molecule has 2 aromatic rings. The minimum Gasteiger partial charge on any atom is -0.497 e. The van der Waals surface area contributed by atoms with Gasteiger partial charge in [0.15, 0.2) is 0 Å². The topological polar surface area (TPSA) is 67.9 Å². The molecule has 2 rings (SSSR count). The molecule has 0 aromatic heterocycles. The molecular formula is C20H24N2O4. The van der Waals surface area contributed by atoms with Crippen LogP contribution in [0.15, 0.2) is 54.6 Å². The second-order valence-corrected chi connectivity index (χ2v) is 5.58. The first-order chi connectivity index (χ1) is 12.6. The summed E-state index contributed by atoms with van der Waals surface area (Å²) in [6.07, 6.45) is 0. The fraction of sp³-hybridized carbons (Fsp3) is 0.300. The fourth-order valence-corrected chi connectivity index (χ4v) is 2.36. The van der Waals surface area contributed by atoms with Gasteiger partial charge in [0, 0.05) is 13.1 Å². The first-order valence-electron chi connectivity index (χ1n) is 8.52. The zero-order valence-electron chi connectivity index (χ0n) is 15.1. The third kappa shape index (κ3) is 5.81. The van der Waals surface area contributed by atoms with Crippen LogP contribution in [-0.4, -0.2) is 43.5 Å². The Morgan fingerprint density at radius 3 is 2.27 bits per heavy atom. The molecule has 26 heavy (non-hydrogen) atoms. The van der Waals surface area contributed by atoms with Crippen molar-refractivity contribution in [2.45, 2.75) is 13.5 Å². The Morgan fingerprint density at radius 2 is 1.65 bits per heavy atom. The predicted molar refractivity (Wildman–Crippen MR) is 99.0 cm³/mol. The summed E-state index contributed by atoms with van der Waals surface area (Å²) in [5, 5.41) is 2.60. The second-order valence-electron chi connectivity index (χ2n) is 5.58. The molecule has 0 saturated heterocycles. The molecule has 1 N–H and O–H groups in total. The van der Waals surface area contributed by atoms with E-state index in [-0.39, 0.29) is 13.2 Å². The van der Waals surface area contributed by atoms with Gasteiger partial charge in [-0.3, -0.25) is 9.59 Å². The monoisotopic (exact) mass is 356 g/mol. The summed E-state index contributed by atoms with van der Waals surface area (Å²) in [4.78, 5) is 25.8. The van der Waals surface area contributed by atoms with Crippen molar-refractivity contribution in [1.82, 2.24) is 10.2 Å². The average Bonchev–Trinajstić information content (AvgIpc) is 2.70. The van der Waals surface area contributed by atoms with Crippen molar-refractivity contribution < 1.29 is 19.1 Å². The molecule has 0 atom stereocenters. The van der Waals surface area contributed by atoms with Crippen LogP contribution in [0.1, 0.15) is 12.5 Å². The zero-order valence-corrected chi connectivity index (χ0v) is 15.1. The molecule has 0 unspecified atom stereocenters. The maximum absolute atomic E-state index is 12.3. The first kappa shape index (κ1) is 19.3. The van der Waals surface area contributed by atoms with E-state index in [1.54, 1.807) is 31.4 Å². The van der Waals surface area contributed by atoms with Crippen LogP contribution in [0.2, 0.25) is 0 Å². The van der Waals surface area contributed by atoms with Crippen molar-refractivity contribution in [3.05, 3.63) is 60.2 Å². The van der Waals surface area contributed by atoms with Crippen LogP contribution in [0.25, 0.3) is 0 Å². The molecule has 6 nitrogen and oxygen atoms in total. The number of hydrogen-bond acceptors (Lipinski definition) is 4. The van der Waals surface area contributed by atoms with Crippen molar-refractivity contribution in [2.24, 2.45) is 0 Å². The Labute approximate surface area is 153 Å². The van der Waals surface area contributed by atoms with Gasteiger partial charge in [-0.25, -0.2) is 0 Å². The molecule has 0 aliphatic carbocycles. The Morgan fingerprint density at radius 1 is 1.00 bits per heavy atom. The molecule has 0 radical (unpaired) electrons. The lowest BCUT2D eigenvalue weighted by Gasteiger charge is -2.20. The Bertz CT molecular complexity index is 702. The van der Waals surface area contributed by atoms with E-state index in [2.05, 4.69) is 5.32 Å². The summed E-state index contributed by atoms with van der Waals surface area (Å²) in [6, 6.07) is 16.7. The second kappa shape index (κ2) is 10.1. The van der Waals surface area contributed by atoms with E-state index in [4.69, 9.17) is 9.47 Å². The third-order valence-corrected chi connectivity index (χ3v) is 3.80. The van der Waals surface area contributed by atoms with Crippen molar-refractivity contribution in [1.29, 1.82) is 0 Å². The maximum atomic E-state index is 12.3. The minimum atomic E-state index is -0.624. The van der Waals surface area contributed by atoms with Gasteiger partial charge in [-0.2, -0.15) is 0 Å². The van der Waals surface area contributed by atoms with Crippen LogP contribution < -0.4 is 14.8 Å². The molecular weight excluding hydrogens is 332 g/mol. The van der Waals surface area contributed by atoms with Crippen LogP contribution in [0.3, 0.4) is 0 Å². The summed E-state index contributed by atoms with van der Waals surface area (Å²) in [7, 11) is 1.60. The van der Waals surface area contributed by atoms with Gasteiger partial charge in [0.05, 0.1) is 13.7 Å². The highest BCUT2D eigenvalue weighted by atomic mass is 16.5. The van der Waals surface area contributed by atoms with Crippen LogP contribution >= 0.6 is 0 Å². The molecule has 138 valence electrons. The van der Waals surface area contributed by atoms with Crippen molar-refractivity contribution in [3.63, 3.8) is 0 Å². The number of carbonyl (C=O) groups excluding carboxylic acids is 2. The van der Waals surface area contributed by atoms with Gasteiger partial charge in [-0.15, -0.1) is 0 Å². The third-order valence-electron chi connectivity index (χ3n) is 3.80. The molecule has 0 aliphatic heterocycles. The first-order valence-corrected chi connectivity index (χ1v) is 8.52. The molecule has 0 fully saturated rings. The average molecular weight is 356 g/mol. The van der Waals surface area contributed by atoms with E-state index >= 15 is 0 Å².